The van der Waals surface area contributed by atoms with E-state index >= 15 is 0 Å². The number of ether oxygens (including phenoxy) is 2. The first-order valence-electron chi connectivity index (χ1n) is 9.24. The Balaban J connectivity index is 1.98. The monoisotopic (exact) mass is 409 g/mol. The Morgan fingerprint density at radius 3 is 2.37 bits per heavy atom. The fourth-order valence-electron chi connectivity index (χ4n) is 2.86. The van der Waals surface area contributed by atoms with Crippen LogP contribution in [0.4, 0.5) is 5.69 Å². The molecule has 8 nitrogen and oxygen atoms in total. The molecule has 2 N–H and O–H groups in total. The van der Waals surface area contributed by atoms with E-state index in [1.807, 2.05) is 38.1 Å². The van der Waals surface area contributed by atoms with E-state index in [0.717, 1.165) is 11.1 Å². The van der Waals surface area contributed by atoms with Gasteiger partial charge in [0.1, 0.15) is 5.75 Å². The number of hydrogen-bond acceptors (Lipinski definition) is 6. The lowest BCUT2D eigenvalue weighted by Crippen LogP contribution is -2.36. The Morgan fingerprint density at radius 2 is 1.73 bits per heavy atom. The van der Waals surface area contributed by atoms with E-state index < -0.39 is 31.0 Å². The standard InChI is InChI=1S/C22H23N3O5/c1-15-10-16(2)12-17(11-15)25(9-5-8-23)20(26)13-30-21(27)14-29-19-7-4-3-6-18(19)22(24)28/h3-4,6-7,10-12H,5,9,13-14H2,1-2H3,(H2,24,28). The fraction of sp³-hybridized carbons (Fsp3) is 0.273. The number of nitrogens with zero attached hydrogens (tertiary/aromatic N) is 2. The van der Waals surface area contributed by atoms with Gasteiger partial charge in [0.2, 0.25) is 0 Å². The number of anilines is 1. The molecule has 0 spiro atoms. The maximum absolute atomic E-state index is 12.6. The quantitative estimate of drug-likeness (QED) is 0.634. The summed E-state index contributed by atoms with van der Waals surface area (Å²) in [6.45, 7) is 3.01. The number of para-hydroxylation sites is 1. The molecule has 0 heterocycles. The molecule has 0 saturated carbocycles. The van der Waals surface area contributed by atoms with Crippen molar-refractivity contribution in [3.05, 3.63) is 59.2 Å². The van der Waals surface area contributed by atoms with E-state index in [4.69, 9.17) is 20.5 Å². The van der Waals surface area contributed by atoms with Gasteiger partial charge in [0.25, 0.3) is 11.8 Å². The van der Waals surface area contributed by atoms with Crippen LogP contribution in [0.2, 0.25) is 0 Å². The van der Waals surface area contributed by atoms with Crippen molar-refractivity contribution in [3.63, 3.8) is 0 Å². The van der Waals surface area contributed by atoms with Gasteiger partial charge in [0.15, 0.2) is 13.2 Å². The molecule has 2 rings (SSSR count). The van der Waals surface area contributed by atoms with Crippen molar-refractivity contribution < 1.29 is 23.9 Å². The first kappa shape index (κ1) is 22.4. The zero-order valence-corrected chi connectivity index (χ0v) is 16.9. The molecular formula is C22H23N3O5. The summed E-state index contributed by atoms with van der Waals surface area (Å²) in [4.78, 5) is 37.4. The van der Waals surface area contributed by atoms with Gasteiger partial charge in [-0.15, -0.1) is 0 Å². The molecule has 8 heteroatoms. The number of esters is 1. The maximum Gasteiger partial charge on any atom is 0.344 e. The summed E-state index contributed by atoms with van der Waals surface area (Å²) in [5.41, 5.74) is 7.97. The number of benzene rings is 2. The van der Waals surface area contributed by atoms with Crippen LogP contribution >= 0.6 is 0 Å². The van der Waals surface area contributed by atoms with Crippen molar-refractivity contribution in [1.29, 1.82) is 5.26 Å². The van der Waals surface area contributed by atoms with Crippen LogP contribution in [0, 0.1) is 25.2 Å². The molecule has 0 aromatic heterocycles. The number of nitrogens with two attached hydrogens (primary N) is 1. The third-order valence-corrected chi connectivity index (χ3v) is 4.12. The van der Waals surface area contributed by atoms with E-state index in [-0.39, 0.29) is 24.3 Å². The molecule has 0 bridgehead atoms. The van der Waals surface area contributed by atoms with Crippen LogP contribution in [-0.2, 0) is 14.3 Å². The Hall–Kier alpha value is -3.86. The number of primary amides is 1. The summed E-state index contributed by atoms with van der Waals surface area (Å²) in [7, 11) is 0. The largest absolute Gasteiger partial charge is 0.481 e. The van der Waals surface area contributed by atoms with Crippen LogP contribution in [0.1, 0.15) is 27.9 Å². The van der Waals surface area contributed by atoms with Crippen molar-refractivity contribution in [3.8, 4) is 11.8 Å². The third kappa shape index (κ3) is 6.34. The second-order valence-electron chi connectivity index (χ2n) is 6.61. The number of carbonyl (C=O) groups is 3. The highest BCUT2D eigenvalue weighted by molar-refractivity contribution is 5.96. The Labute approximate surface area is 174 Å². The summed E-state index contributed by atoms with van der Waals surface area (Å²) in [5, 5.41) is 8.89. The Bertz CT molecular complexity index is 961. The molecule has 30 heavy (non-hydrogen) atoms. The summed E-state index contributed by atoms with van der Waals surface area (Å²) in [5.74, 6) is -1.76. The lowest BCUT2D eigenvalue weighted by Gasteiger charge is -2.22. The molecule has 0 aliphatic heterocycles. The zero-order valence-electron chi connectivity index (χ0n) is 16.9. The van der Waals surface area contributed by atoms with Crippen LogP contribution in [-0.4, -0.2) is 37.5 Å². The minimum atomic E-state index is -0.775. The Kier molecular flexibility index (Phi) is 7.94. The van der Waals surface area contributed by atoms with Crippen molar-refractivity contribution in [2.75, 3.05) is 24.7 Å². The first-order chi connectivity index (χ1) is 14.3. The highest BCUT2D eigenvalue weighted by Gasteiger charge is 2.19. The molecule has 0 radical (unpaired) electrons. The van der Waals surface area contributed by atoms with Gasteiger partial charge in [-0.1, -0.05) is 18.2 Å². The molecule has 0 saturated heterocycles. The average Bonchev–Trinajstić information content (AvgIpc) is 2.70. The lowest BCUT2D eigenvalue weighted by molar-refractivity contribution is -0.149. The SMILES string of the molecule is Cc1cc(C)cc(N(CCC#N)C(=O)COC(=O)COc2ccccc2C(N)=O)c1. The van der Waals surface area contributed by atoms with Crippen LogP contribution in [0.3, 0.4) is 0 Å². The predicted octanol–water partition coefficient (Wildman–Crippen LogP) is 2.27. The molecule has 156 valence electrons. The number of rotatable bonds is 9. The summed E-state index contributed by atoms with van der Waals surface area (Å²) < 4.78 is 10.3. The molecule has 2 aromatic rings. The van der Waals surface area contributed by atoms with Crippen molar-refractivity contribution in [2.45, 2.75) is 20.3 Å². The van der Waals surface area contributed by atoms with Gasteiger partial charge in [-0.05, 0) is 49.2 Å². The zero-order chi connectivity index (χ0) is 22.1. The van der Waals surface area contributed by atoms with Crippen LogP contribution in [0.15, 0.2) is 42.5 Å². The molecule has 0 aliphatic carbocycles. The summed E-state index contributed by atoms with van der Waals surface area (Å²) >= 11 is 0. The van der Waals surface area contributed by atoms with Crippen molar-refractivity contribution in [1.82, 2.24) is 0 Å². The topological polar surface area (TPSA) is 123 Å². The predicted molar refractivity (Wildman–Crippen MR) is 110 cm³/mol. The molecule has 2 amide bonds. The maximum atomic E-state index is 12.6. The van der Waals surface area contributed by atoms with E-state index in [1.54, 1.807) is 12.1 Å². The molecule has 2 aromatic carbocycles. The fourth-order valence-corrected chi connectivity index (χ4v) is 2.86. The number of amides is 2. The average molecular weight is 409 g/mol. The van der Waals surface area contributed by atoms with Gasteiger partial charge in [-0.2, -0.15) is 5.26 Å². The minimum absolute atomic E-state index is 0.138. The Morgan fingerprint density at radius 1 is 1.07 bits per heavy atom. The molecular weight excluding hydrogens is 386 g/mol. The van der Waals surface area contributed by atoms with Crippen LogP contribution in [0.5, 0.6) is 5.75 Å². The van der Waals surface area contributed by atoms with E-state index in [0.29, 0.717) is 5.69 Å². The molecule has 0 aliphatic rings. The highest BCUT2D eigenvalue weighted by atomic mass is 16.6. The van der Waals surface area contributed by atoms with Gasteiger partial charge < -0.3 is 20.1 Å². The van der Waals surface area contributed by atoms with Crippen molar-refractivity contribution in [2.24, 2.45) is 5.73 Å². The number of hydrogen-bond donors (Lipinski definition) is 1. The number of nitriles is 1. The molecule has 0 unspecified atom stereocenters. The molecule has 0 fully saturated rings. The second kappa shape index (κ2) is 10.6. The van der Waals surface area contributed by atoms with Gasteiger partial charge in [0, 0.05) is 12.2 Å². The smallest absolute Gasteiger partial charge is 0.344 e. The molecule has 0 atom stereocenters. The highest BCUT2D eigenvalue weighted by Crippen LogP contribution is 2.20. The van der Waals surface area contributed by atoms with E-state index in [1.165, 1.54) is 17.0 Å². The first-order valence-corrected chi connectivity index (χ1v) is 9.24. The van der Waals surface area contributed by atoms with Crippen LogP contribution in [0.25, 0.3) is 0 Å². The lowest BCUT2D eigenvalue weighted by atomic mass is 10.1. The summed E-state index contributed by atoms with van der Waals surface area (Å²) in [6.07, 6.45) is 0.139. The minimum Gasteiger partial charge on any atom is -0.481 e. The third-order valence-electron chi connectivity index (χ3n) is 4.12. The van der Waals surface area contributed by atoms with E-state index in [9.17, 15) is 14.4 Å². The van der Waals surface area contributed by atoms with Gasteiger partial charge in [0.05, 0.1) is 18.1 Å². The van der Waals surface area contributed by atoms with Crippen LogP contribution < -0.4 is 15.4 Å². The number of carbonyl (C=O) groups excluding carboxylic acids is 3. The summed E-state index contributed by atoms with van der Waals surface area (Å²) in [6, 6.07) is 13.9. The normalized spacial score (nSPS) is 10.0. The van der Waals surface area contributed by atoms with Gasteiger partial charge in [-0.3, -0.25) is 9.59 Å². The van der Waals surface area contributed by atoms with Gasteiger partial charge in [-0.25, -0.2) is 4.79 Å². The van der Waals surface area contributed by atoms with Crippen molar-refractivity contribution >= 4 is 23.5 Å². The second-order valence-corrected chi connectivity index (χ2v) is 6.61. The van der Waals surface area contributed by atoms with Gasteiger partial charge >= 0.3 is 5.97 Å². The van der Waals surface area contributed by atoms with E-state index in [2.05, 4.69) is 0 Å². The number of aryl methyl sites for hydroxylation is 2.